The van der Waals surface area contributed by atoms with Crippen LogP contribution in [-0.4, -0.2) is 11.7 Å². The van der Waals surface area contributed by atoms with E-state index in [2.05, 4.69) is 6.07 Å². The molecule has 12 heavy (non-hydrogen) atoms. The minimum Gasteiger partial charge on any atom is -0.384 e. The van der Waals surface area contributed by atoms with Crippen molar-refractivity contribution in [2.24, 2.45) is 11.5 Å². The van der Waals surface area contributed by atoms with Gasteiger partial charge >= 0.3 is 0 Å². The van der Waals surface area contributed by atoms with Gasteiger partial charge in [0.25, 0.3) is 0 Å². The molecule has 1 aromatic carbocycles. The average Bonchev–Trinajstić information content (AvgIpc) is 2.04. The molecule has 0 saturated carbocycles. The topological polar surface area (TPSA) is 99.7 Å². The molecular weight excluding hydrogens is 152 g/mol. The van der Waals surface area contributed by atoms with Gasteiger partial charge in [-0.1, -0.05) is 0 Å². The Morgan fingerprint density at radius 2 is 1.50 bits per heavy atom. The van der Waals surface area contributed by atoms with Crippen molar-refractivity contribution in [2.45, 2.75) is 0 Å². The summed E-state index contributed by atoms with van der Waals surface area (Å²) in [5.41, 5.74) is 11.5. The number of rotatable bonds is 2. The quantitative estimate of drug-likeness (QED) is 0.364. The second-order valence-electron chi connectivity index (χ2n) is 2.34. The summed E-state index contributed by atoms with van der Waals surface area (Å²) in [6.07, 6.45) is 0. The minimum absolute atomic E-state index is 0.0469. The zero-order valence-electron chi connectivity index (χ0n) is 6.39. The highest BCUT2D eigenvalue weighted by molar-refractivity contribution is 6.00. The molecule has 1 radical (unpaired) electrons. The molecule has 0 amide bonds. The van der Waals surface area contributed by atoms with Gasteiger partial charge in [-0.15, -0.1) is 0 Å². The molecule has 0 aliphatic rings. The van der Waals surface area contributed by atoms with Crippen LogP contribution in [0.4, 0.5) is 0 Å². The minimum atomic E-state index is -0.0469. The van der Waals surface area contributed by atoms with Gasteiger partial charge in [0.2, 0.25) is 0 Å². The lowest BCUT2D eigenvalue weighted by atomic mass is 10.1. The maximum absolute atomic E-state index is 7.12. The summed E-state index contributed by atoms with van der Waals surface area (Å²) in [4.78, 5) is 0. The molecule has 0 heterocycles. The van der Waals surface area contributed by atoms with E-state index in [0.29, 0.717) is 11.1 Å². The van der Waals surface area contributed by atoms with Gasteiger partial charge in [-0.2, -0.15) is 0 Å². The molecule has 0 aliphatic carbocycles. The standard InChI is InChI=1S/C8H9N4/c9-7(10)5-2-1-3-6(4-5)8(11)12/h2-4H,(H3,9,10)(H3,11,12). The number of hydrogen-bond donors (Lipinski definition) is 4. The first-order valence-corrected chi connectivity index (χ1v) is 3.31. The number of hydrogen-bond acceptors (Lipinski definition) is 2. The van der Waals surface area contributed by atoms with Crippen LogP contribution >= 0.6 is 0 Å². The summed E-state index contributed by atoms with van der Waals surface area (Å²) in [5, 5.41) is 14.2. The van der Waals surface area contributed by atoms with Crippen LogP contribution in [0.3, 0.4) is 0 Å². The highest BCUT2D eigenvalue weighted by atomic mass is 14.7. The predicted octanol–water partition coefficient (Wildman–Crippen LogP) is 0.0549. The molecule has 0 aromatic heterocycles. The van der Waals surface area contributed by atoms with E-state index < -0.39 is 0 Å². The molecular formula is C8H9N4. The van der Waals surface area contributed by atoms with Gasteiger partial charge in [0.05, 0.1) is 0 Å². The summed E-state index contributed by atoms with van der Waals surface area (Å²) in [7, 11) is 0. The molecule has 0 aliphatic heterocycles. The molecule has 0 saturated heterocycles. The van der Waals surface area contributed by atoms with E-state index in [0.717, 1.165) is 0 Å². The van der Waals surface area contributed by atoms with Crippen LogP contribution in [-0.2, 0) is 0 Å². The summed E-state index contributed by atoms with van der Waals surface area (Å²) < 4.78 is 0. The third-order valence-corrected chi connectivity index (χ3v) is 1.41. The Bertz CT molecular complexity index is 300. The zero-order chi connectivity index (χ0) is 9.14. The van der Waals surface area contributed by atoms with Crippen molar-refractivity contribution in [1.82, 2.24) is 0 Å². The molecule has 4 nitrogen and oxygen atoms in total. The van der Waals surface area contributed by atoms with E-state index in [1.165, 1.54) is 0 Å². The van der Waals surface area contributed by atoms with Gasteiger partial charge in [0.1, 0.15) is 11.7 Å². The van der Waals surface area contributed by atoms with Gasteiger partial charge in [-0.25, -0.2) is 0 Å². The molecule has 6 N–H and O–H groups in total. The second kappa shape index (κ2) is 3.04. The predicted molar refractivity (Wildman–Crippen MR) is 47.3 cm³/mol. The maximum Gasteiger partial charge on any atom is 0.122 e. The molecule has 0 spiro atoms. The largest absolute Gasteiger partial charge is 0.384 e. The monoisotopic (exact) mass is 161 g/mol. The summed E-state index contributed by atoms with van der Waals surface area (Å²) in [6, 6.07) is 7.49. The first kappa shape index (κ1) is 8.26. The van der Waals surface area contributed by atoms with Crippen molar-refractivity contribution in [2.75, 3.05) is 0 Å². The average molecular weight is 161 g/mol. The number of nitrogens with one attached hydrogen (secondary N) is 2. The van der Waals surface area contributed by atoms with Crippen molar-refractivity contribution in [3.8, 4) is 0 Å². The lowest BCUT2D eigenvalue weighted by Crippen LogP contribution is -2.15. The van der Waals surface area contributed by atoms with Gasteiger partial charge in [0, 0.05) is 11.1 Å². The Hall–Kier alpha value is -1.84. The van der Waals surface area contributed by atoms with Crippen LogP contribution in [0.25, 0.3) is 0 Å². The van der Waals surface area contributed by atoms with Gasteiger partial charge in [-0.05, 0) is 24.3 Å². The van der Waals surface area contributed by atoms with Gasteiger partial charge in [0.15, 0.2) is 0 Å². The van der Waals surface area contributed by atoms with Crippen molar-refractivity contribution < 1.29 is 0 Å². The highest BCUT2D eigenvalue weighted by Gasteiger charge is 1.99. The second-order valence-corrected chi connectivity index (χ2v) is 2.34. The van der Waals surface area contributed by atoms with E-state index in [-0.39, 0.29) is 11.7 Å². The first-order valence-electron chi connectivity index (χ1n) is 3.31. The summed E-state index contributed by atoms with van der Waals surface area (Å²) in [5.74, 6) is -0.0938. The van der Waals surface area contributed by atoms with Crippen LogP contribution in [0.5, 0.6) is 0 Å². The maximum atomic E-state index is 7.12. The first-order chi connectivity index (χ1) is 5.61. The van der Waals surface area contributed by atoms with Crippen molar-refractivity contribution in [3.63, 3.8) is 0 Å². The fourth-order valence-electron chi connectivity index (χ4n) is 0.783. The van der Waals surface area contributed by atoms with Crippen LogP contribution in [0.2, 0.25) is 0 Å². The third-order valence-electron chi connectivity index (χ3n) is 1.41. The van der Waals surface area contributed by atoms with Crippen LogP contribution in [0.15, 0.2) is 18.2 Å². The van der Waals surface area contributed by atoms with E-state index in [1.807, 2.05) is 0 Å². The van der Waals surface area contributed by atoms with E-state index in [4.69, 9.17) is 22.3 Å². The Kier molecular flexibility index (Phi) is 2.09. The zero-order valence-corrected chi connectivity index (χ0v) is 6.39. The number of nitrogens with two attached hydrogens (primary N) is 2. The van der Waals surface area contributed by atoms with E-state index in [9.17, 15) is 0 Å². The van der Waals surface area contributed by atoms with Crippen molar-refractivity contribution in [1.29, 1.82) is 10.8 Å². The van der Waals surface area contributed by atoms with Crippen LogP contribution in [0, 0.1) is 16.9 Å². The van der Waals surface area contributed by atoms with Crippen LogP contribution in [0.1, 0.15) is 11.1 Å². The van der Waals surface area contributed by atoms with E-state index >= 15 is 0 Å². The third kappa shape index (κ3) is 1.60. The van der Waals surface area contributed by atoms with Crippen LogP contribution < -0.4 is 11.5 Å². The fraction of sp³-hybridized carbons (Fsp3) is 0. The SMILES string of the molecule is N=C(N)c1c[c]cc(C(=N)N)c1. The Balaban J connectivity index is 3.12. The Morgan fingerprint density at radius 3 is 1.83 bits per heavy atom. The number of benzene rings is 1. The molecule has 1 aromatic rings. The molecule has 61 valence electrons. The van der Waals surface area contributed by atoms with Crippen molar-refractivity contribution in [3.05, 3.63) is 35.4 Å². The highest BCUT2D eigenvalue weighted by Crippen LogP contribution is 2.02. The summed E-state index contributed by atoms with van der Waals surface area (Å²) >= 11 is 0. The lowest BCUT2D eigenvalue weighted by molar-refractivity contribution is 1.39. The molecule has 1 rings (SSSR count). The Morgan fingerprint density at radius 1 is 1.08 bits per heavy atom. The number of nitrogen functional groups attached to an aromatic ring is 2. The fourth-order valence-corrected chi connectivity index (χ4v) is 0.783. The Labute approximate surface area is 70.2 Å². The molecule has 0 atom stereocenters. The van der Waals surface area contributed by atoms with E-state index in [1.54, 1.807) is 18.2 Å². The molecule has 0 bridgehead atoms. The van der Waals surface area contributed by atoms with Crippen molar-refractivity contribution >= 4 is 11.7 Å². The number of amidine groups is 2. The molecule has 4 heteroatoms. The normalized spacial score (nSPS) is 9.33. The molecule has 0 unspecified atom stereocenters. The van der Waals surface area contributed by atoms with Gasteiger partial charge < -0.3 is 11.5 Å². The lowest BCUT2D eigenvalue weighted by Gasteiger charge is -2.00. The molecule has 0 fully saturated rings. The smallest absolute Gasteiger partial charge is 0.122 e. The summed E-state index contributed by atoms with van der Waals surface area (Å²) in [6.45, 7) is 0. The van der Waals surface area contributed by atoms with Gasteiger partial charge in [-0.3, -0.25) is 10.8 Å².